The van der Waals surface area contributed by atoms with Crippen molar-refractivity contribution in [3.63, 3.8) is 0 Å². The number of ether oxygens (including phenoxy) is 1. The Morgan fingerprint density at radius 1 is 1.39 bits per heavy atom. The van der Waals surface area contributed by atoms with Crippen LogP contribution in [-0.2, 0) is 11.3 Å². The molecule has 1 atom stereocenters. The van der Waals surface area contributed by atoms with Crippen molar-refractivity contribution >= 4 is 11.4 Å². The van der Waals surface area contributed by atoms with Gasteiger partial charge < -0.3 is 14.2 Å². The van der Waals surface area contributed by atoms with Crippen LogP contribution >= 0.6 is 0 Å². The molecule has 2 heterocycles. The molecule has 1 saturated heterocycles. The number of nitro groups is 1. The molecule has 1 aliphatic heterocycles. The lowest BCUT2D eigenvalue weighted by Crippen LogP contribution is -2.31. The zero-order chi connectivity index (χ0) is 20.1. The van der Waals surface area contributed by atoms with E-state index < -0.39 is 4.92 Å². The van der Waals surface area contributed by atoms with Gasteiger partial charge in [0.15, 0.2) is 5.82 Å². The first-order chi connectivity index (χ1) is 13.5. The average Bonchev–Trinajstić information content (AvgIpc) is 3.05. The smallest absolute Gasteiger partial charge is 0.270 e. The van der Waals surface area contributed by atoms with Crippen molar-refractivity contribution in [2.75, 3.05) is 38.2 Å². The number of nitrogens with zero attached hydrogens (tertiary/aromatic N) is 6. The number of non-ortho nitro benzene ring substituents is 1. The maximum Gasteiger partial charge on any atom is 0.270 e. The minimum absolute atomic E-state index is 0.0748. The van der Waals surface area contributed by atoms with E-state index in [1.54, 1.807) is 13.2 Å². The van der Waals surface area contributed by atoms with Crippen LogP contribution < -0.4 is 4.90 Å². The van der Waals surface area contributed by atoms with E-state index in [4.69, 9.17) is 9.26 Å². The van der Waals surface area contributed by atoms with Gasteiger partial charge in [0, 0.05) is 45.4 Å². The molecule has 0 bridgehead atoms. The van der Waals surface area contributed by atoms with Gasteiger partial charge in [-0.3, -0.25) is 15.0 Å². The molecular weight excluding hydrogens is 364 g/mol. The molecular formula is C18H22N6O4. The molecule has 3 rings (SSSR count). The molecule has 1 unspecified atom stereocenters. The SMILES string of the molecule is COC(C)c1noc(CN2CCCN(c3ccc([N+](=O)[O-])cc3C#N)CC2)n1. The first-order valence-electron chi connectivity index (χ1n) is 9.03. The molecule has 1 fully saturated rings. The predicted molar refractivity (Wildman–Crippen MR) is 99.6 cm³/mol. The molecule has 0 N–H and O–H groups in total. The summed E-state index contributed by atoms with van der Waals surface area (Å²) < 4.78 is 10.5. The van der Waals surface area contributed by atoms with Gasteiger partial charge in [-0.15, -0.1) is 0 Å². The number of anilines is 1. The number of rotatable bonds is 6. The number of aromatic nitrogens is 2. The fourth-order valence-corrected chi connectivity index (χ4v) is 3.17. The monoisotopic (exact) mass is 386 g/mol. The van der Waals surface area contributed by atoms with Gasteiger partial charge in [-0.2, -0.15) is 10.2 Å². The Hall–Kier alpha value is -3.03. The summed E-state index contributed by atoms with van der Waals surface area (Å²) in [4.78, 5) is 19.1. The molecule has 1 aromatic heterocycles. The molecule has 1 aliphatic rings. The Bertz CT molecular complexity index is 877. The van der Waals surface area contributed by atoms with Crippen LogP contribution in [0.2, 0.25) is 0 Å². The Balaban J connectivity index is 1.66. The second kappa shape index (κ2) is 8.77. The molecule has 0 saturated carbocycles. The van der Waals surface area contributed by atoms with E-state index in [9.17, 15) is 15.4 Å². The van der Waals surface area contributed by atoms with Crippen LogP contribution in [0.4, 0.5) is 11.4 Å². The first kappa shape index (κ1) is 19.7. The molecule has 0 amide bonds. The lowest BCUT2D eigenvalue weighted by Gasteiger charge is -2.24. The van der Waals surface area contributed by atoms with Crippen molar-refractivity contribution in [1.29, 1.82) is 5.26 Å². The maximum absolute atomic E-state index is 10.9. The van der Waals surface area contributed by atoms with Gasteiger partial charge in [0.2, 0.25) is 5.89 Å². The predicted octanol–water partition coefficient (Wildman–Crippen LogP) is 2.27. The van der Waals surface area contributed by atoms with E-state index in [2.05, 4.69) is 26.0 Å². The van der Waals surface area contributed by atoms with E-state index in [0.717, 1.165) is 31.7 Å². The minimum atomic E-state index is -0.488. The standard InChI is InChI=1S/C18H22N6O4/c1-13(27-2)18-20-17(28-21-18)12-22-6-3-7-23(9-8-22)16-5-4-15(24(25)26)10-14(16)11-19/h4-5,10,13H,3,6-9,12H2,1-2H3. The summed E-state index contributed by atoms with van der Waals surface area (Å²) in [5.74, 6) is 1.07. The largest absolute Gasteiger partial charge is 0.374 e. The Morgan fingerprint density at radius 2 is 2.21 bits per heavy atom. The van der Waals surface area contributed by atoms with Gasteiger partial charge in [0.05, 0.1) is 22.7 Å². The van der Waals surface area contributed by atoms with Crippen LogP contribution in [0.15, 0.2) is 22.7 Å². The first-order valence-corrected chi connectivity index (χ1v) is 9.03. The fourth-order valence-electron chi connectivity index (χ4n) is 3.17. The zero-order valence-corrected chi connectivity index (χ0v) is 15.9. The molecule has 148 valence electrons. The molecule has 0 radical (unpaired) electrons. The van der Waals surface area contributed by atoms with Crippen LogP contribution in [0, 0.1) is 21.4 Å². The molecule has 10 heteroatoms. The highest BCUT2D eigenvalue weighted by atomic mass is 16.6. The Morgan fingerprint density at radius 3 is 2.93 bits per heavy atom. The molecule has 10 nitrogen and oxygen atoms in total. The summed E-state index contributed by atoms with van der Waals surface area (Å²) in [6.07, 6.45) is 0.667. The Labute approximate surface area is 162 Å². The third-order valence-electron chi connectivity index (χ3n) is 4.80. The number of benzene rings is 1. The molecule has 0 spiro atoms. The van der Waals surface area contributed by atoms with Gasteiger partial charge in [-0.25, -0.2) is 0 Å². The van der Waals surface area contributed by atoms with Crippen molar-refractivity contribution in [3.8, 4) is 6.07 Å². The summed E-state index contributed by atoms with van der Waals surface area (Å²) >= 11 is 0. The van der Waals surface area contributed by atoms with E-state index >= 15 is 0 Å². The number of hydrogen-bond acceptors (Lipinski definition) is 9. The van der Waals surface area contributed by atoms with Crippen LogP contribution in [0.25, 0.3) is 0 Å². The van der Waals surface area contributed by atoms with Crippen LogP contribution in [-0.4, -0.2) is 53.3 Å². The van der Waals surface area contributed by atoms with E-state index in [-0.39, 0.29) is 11.8 Å². The van der Waals surface area contributed by atoms with Crippen LogP contribution in [0.1, 0.15) is 36.7 Å². The molecule has 2 aromatic rings. The molecule has 0 aliphatic carbocycles. The molecule has 1 aromatic carbocycles. The average molecular weight is 386 g/mol. The minimum Gasteiger partial charge on any atom is -0.374 e. The van der Waals surface area contributed by atoms with E-state index in [1.165, 1.54) is 12.1 Å². The maximum atomic E-state index is 10.9. The van der Waals surface area contributed by atoms with Crippen LogP contribution in [0.3, 0.4) is 0 Å². The quantitative estimate of drug-likeness (QED) is 0.543. The topological polar surface area (TPSA) is 122 Å². The van der Waals surface area contributed by atoms with Crippen molar-refractivity contribution in [1.82, 2.24) is 15.0 Å². The van der Waals surface area contributed by atoms with E-state index in [0.29, 0.717) is 30.4 Å². The van der Waals surface area contributed by atoms with Gasteiger partial charge in [-0.1, -0.05) is 5.16 Å². The highest BCUT2D eigenvalue weighted by Gasteiger charge is 2.21. The zero-order valence-electron chi connectivity index (χ0n) is 15.9. The van der Waals surface area contributed by atoms with Crippen LogP contribution in [0.5, 0.6) is 0 Å². The lowest BCUT2D eigenvalue weighted by atomic mass is 10.1. The highest BCUT2D eigenvalue weighted by molar-refractivity contribution is 5.63. The summed E-state index contributed by atoms with van der Waals surface area (Å²) in [6, 6.07) is 6.50. The number of nitriles is 1. The van der Waals surface area contributed by atoms with E-state index in [1.807, 2.05) is 6.92 Å². The van der Waals surface area contributed by atoms with Gasteiger partial charge >= 0.3 is 0 Å². The fraction of sp³-hybridized carbons (Fsp3) is 0.500. The summed E-state index contributed by atoms with van der Waals surface area (Å²) in [5, 5.41) is 24.3. The van der Waals surface area contributed by atoms with Crippen molar-refractivity contribution in [3.05, 3.63) is 45.6 Å². The summed E-state index contributed by atoms with van der Waals surface area (Å²) in [7, 11) is 1.60. The third kappa shape index (κ3) is 4.44. The Kier molecular flexibility index (Phi) is 6.18. The normalized spacial score (nSPS) is 16.4. The van der Waals surface area contributed by atoms with Gasteiger partial charge in [0.1, 0.15) is 12.2 Å². The van der Waals surface area contributed by atoms with Gasteiger partial charge in [0.25, 0.3) is 5.69 Å². The highest BCUT2D eigenvalue weighted by Crippen LogP contribution is 2.26. The summed E-state index contributed by atoms with van der Waals surface area (Å²) in [5.41, 5.74) is 0.968. The van der Waals surface area contributed by atoms with Gasteiger partial charge in [-0.05, 0) is 19.4 Å². The van der Waals surface area contributed by atoms with Crippen molar-refractivity contribution in [2.24, 2.45) is 0 Å². The second-order valence-corrected chi connectivity index (χ2v) is 6.61. The van der Waals surface area contributed by atoms with Crippen molar-refractivity contribution in [2.45, 2.75) is 26.0 Å². The van der Waals surface area contributed by atoms with Crippen molar-refractivity contribution < 1.29 is 14.2 Å². The number of nitro benzene ring substituents is 1. The third-order valence-corrected chi connectivity index (χ3v) is 4.80. The second-order valence-electron chi connectivity index (χ2n) is 6.61. The molecule has 28 heavy (non-hydrogen) atoms. The lowest BCUT2D eigenvalue weighted by molar-refractivity contribution is -0.384. The summed E-state index contributed by atoms with van der Waals surface area (Å²) in [6.45, 7) is 5.46. The number of methoxy groups -OCH3 is 1. The number of hydrogen-bond donors (Lipinski definition) is 0.